The molecule has 6 aromatic carbocycles. The second-order valence-electron chi connectivity index (χ2n) is 13.9. The van der Waals surface area contributed by atoms with Gasteiger partial charge < -0.3 is 5.11 Å². The van der Waals surface area contributed by atoms with Crippen LogP contribution in [0.4, 0.5) is 0 Å². The van der Waals surface area contributed by atoms with Crippen LogP contribution in [0.2, 0.25) is 0 Å². The van der Waals surface area contributed by atoms with Gasteiger partial charge in [0, 0.05) is 38.6 Å². The van der Waals surface area contributed by atoms with Crippen LogP contribution in [0, 0.1) is 40.7 Å². The molecule has 0 bridgehead atoms. The zero-order valence-electron chi connectivity index (χ0n) is 30.5. The topological polar surface area (TPSA) is 50.9 Å². The predicted molar refractivity (Wildman–Crippen MR) is 214 cm³/mol. The summed E-state index contributed by atoms with van der Waals surface area (Å²) in [5.74, 6) is 0.936. The van der Waals surface area contributed by atoms with Gasteiger partial charge in [-0.3, -0.25) is 9.55 Å². The Morgan fingerprint density at radius 1 is 0.604 bits per heavy atom. The van der Waals surface area contributed by atoms with Crippen molar-refractivity contribution in [2.45, 2.75) is 41.0 Å². The Labute approximate surface area is 326 Å². The first-order valence-corrected chi connectivity index (χ1v) is 17.8. The zero-order valence-corrected chi connectivity index (χ0v) is 32.8. The quantitative estimate of drug-likeness (QED) is 0.162. The fourth-order valence-electron chi connectivity index (χ4n) is 7.44. The third-order valence-electron chi connectivity index (χ3n) is 9.98. The van der Waals surface area contributed by atoms with Crippen LogP contribution in [0.1, 0.15) is 38.9 Å². The van der Waals surface area contributed by atoms with E-state index in [-0.39, 0.29) is 26.8 Å². The van der Waals surface area contributed by atoms with Crippen LogP contribution in [0.25, 0.3) is 61.6 Å². The molecule has 0 saturated heterocycles. The maximum absolute atomic E-state index is 11.5. The van der Waals surface area contributed by atoms with Crippen molar-refractivity contribution in [3.8, 4) is 56.3 Å². The molecule has 53 heavy (non-hydrogen) atoms. The molecule has 8 rings (SSSR count). The number of nitrogens with zero attached hydrogens (tertiary/aromatic N) is 3. The van der Waals surface area contributed by atoms with E-state index in [9.17, 15) is 5.11 Å². The van der Waals surface area contributed by atoms with Crippen LogP contribution < -0.4 is 0 Å². The molecule has 0 atom stereocenters. The van der Waals surface area contributed by atoms with Gasteiger partial charge in [-0.05, 0) is 90.4 Å². The summed E-state index contributed by atoms with van der Waals surface area (Å²) in [7, 11) is 0. The van der Waals surface area contributed by atoms with Crippen LogP contribution in [0.3, 0.4) is 0 Å². The number of phenolic OH excluding ortho intramolecular Hbond substituents is 1. The summed E-state index contributed by atoms with van der Waals surface area (Å²) in [6.07, 6.45) is 2.78. The van der Waals surface area contributed by atoms with Crippen molar-refractivity contribution >= 4 is 11.0 Å². The molecule has 0 fully saturated rings. The summed E-state index contributed by atoms with van der Waals surface area (Å²) in [6.45, 7) is 10.4. The largest absolute Gasteiger partial charge is 0.507 e. The Morgan fingerprint density at radius 2 is 1.30 bits per heavy atom. The maximum atomic E-state index is 11.5. The SMILES string of the molecule is Cc1cc(C)c(O)c(-c2nc3c(-c4[c-]c(-c5cc(-c6ccccc6)c(C)cn5)c(C)cc4C)cccc3n2-c2cccc(Cc3ccccc3)c2)c1.[Pt]. The van der Waals surface area contributed by atoms with Gasteiger partial charge in [-0.25, -0.2) is 4.98 Å². The molecule has 1 N–H and O–H groups in total. The first kappa shape index (κ1) is 35.8. The number of phenols is 1. The normalized spacial score (nSPS) is 11.1. The molecule has 0 radical (unpaired) electrons. The molecule has 4 nitrogen and oxygen atoms in total. The zero-order chi connectivity index (χ0) is 35.9. The van der Waals surface area contributed by atoms with Gasteiger partial charge in [-0.1, -0.05) is 122 Å². The van der Waals surface area contributed by atoms with E-state index in [4.69, 9.17) is 9.97 Å². The van der Waals surface area contributed by atoms with E-state index in [1.807, 2.05) is 37.4 Å². The summed E-state index contributed by atoms with van der Waals surface area (Å²) in [6, 6.07) is 48.3. The van der Waals surface area contributed by atoms with Crippen molar-refractivity contribution in [2.75, 3.05) is 0 Å². The molecule has 0 unspecified atom stereocenters. The Balaban J connectivity index is 0.00000435. The summed E-state index contributed by atoms with van der Waals surface area (Å²) < 4.78 is 2.19. The summed E-state index contributed by atoms with van der Waals surface area (Å²) in [4.78, 5) is 10.3. The molecule has 0 aliphatic rings. The average molecular weight is 870 g/mol. The number of hydrogen-bond acceptors (Lipinski definition) is 3. The van der Waals surface area contributed by atoms with E-state index in [2.05, 4.69) is 141 Å². The third kappa shape index (κ3) is 6.88. The number of aryl methyl sites for hydroxylation is 5. The van der Waals surface area contributed by atoms with Gasteiger partial charge >= 0.3 is 0 Å². The van der Waals surface area contributed by atoms with Gasteiger partial charge in [0.1, 0.15) is 11.6 Å². The molecule has 5 heteroatoms. The van der Waals surface area contributed by atoms with Gasteiger partial charge in [-0.2, -0.15) is 0 Å². The summed E-state index contributed by atoms with van der Waals surface area (Å²) in [5, 5.41) is 11.5. The van der Waals surface area contributed by atoms with Gasteiger partial charge in [0.15, 0.2) is 0 Å². The number of aromatic hydroxyl groups is 1. The van der Waals surface area contributed by atoms with Crippen molar-refractivity contribution < 1.29 is 26.2 Å². The number of rotatable bonds is 7. The number of para-hydroxylation sites is 1. The van der Waals surface area contributed by atoms with Crippen molar-refractivity contribution in [3.63, 3.8) is 0 Å². The van der Waals surface area contributed by atoms with Gasteiger partial charge in [-0.15, -0.1) is 28.8 Å². The molecule has 0 aliphatic heterocycles. The molecule has 0 saturated carbocycles. The number of benzene rings is 6. The molecular weight excluding hydrogens is 830 g/mol. The Morgan fingerprint density at radius 3 is 2.08 bits per heavy atom. The van der Waals surface area contributed by atoms with Crippen LogP contribution >= 0.6 is 0 Å². The molecule has 2 heterocycles. The van der Waals surface area contributed by atoms with E-state index >= 15 is 0 Å². The second-order valence-corrected chi connectivity index (χ2v) is 13.9. The Bertz CT molecular complexity index is 2610. The maximum Gasteiger partial charge on any atom is 0.148 e. The van der Waals surface area contributed by atoms with Crippen molar-refractivity contribution in [1.29, 1.82) is 0 Å². The fraction of sp³-hybridized carbons (Fsp3) is 0.125. The van der Waals surface area contributed by atoms with Crippen LogP contribution in [-0.2, 0) is 27.5 Å². The van der Waals surface area contributed by atoms with Gasteiger partial charge in [0.05, 0.1) is 16.6 Å². The third-order valence-corrected chi connectivity index (χ3v) is 9.98. The first-order valence-electron chi connectivity index (χ1n) is 17.8. The van der Waals surface area contributed by atoms with E-state index in [1.54, 1.807) is 0 Å². The minimum Gasteiger partial charge on any atom is -0.507 e. The van der Waals surface area contributed by atoms with E-state index in [0.717, 1.165) is 78.9 Å². The molecule has 0 spiro atoms. The summed E-state index contributed by atoms with van der Waals surface area (Å²) in [5.41, 5.74) is 17.3. The number of aromatic nitrogens is 3. The smallest absolute Gasteiger partial charge is 0.148 e. The van der Waals surface area contributed by atoms with Crippen LogP contribution in [0.5, 0.6) is 5.75 Å². The molecule has 2 aromatic heterocycles. The second kappa shape index (κ2) is 14.8. The summed E-state index contributed by atoms with van der Waals surface area (Å²) >= 11 is 0. The van der Waals surface area contributed by atoms with Crippen LogP contribution in [0.15, 0.2) is 134 Å². The van der Waals surface area contributed by atoms with E-state index in [1.165, 1.54) is 16.7 Å². The minimum absolute atomic E-state index is 0. The van der Waals surface area contributed by atoms with E-state index < -0.39 is 0 Å². The fourth-order valence-corrected chi connectivity index (χ4v) is 7.44. The Kier molecular flexibility index (Phi) is 10.0. The number of hydrogen-bond donors (Lipinski definition) is 1. The Hall–Kier alpha value is -5.57. The average Bonchev–Trinajstić information content (AvgIpc) is 3.54. The molecule has 0 aliphatic carbocycles. The van der Waals surface area contributed by atoms with Crippen LogP contribution in [-0.4, -0.2) is 19.6 Å². The number of imidazole rings is 1. The van der Waals surface area contributed by atoms with E-state index in [0.29, 0.717) is 11.4 Å². The van der Waals surface area contributed by atoms with Crippen molar-refractivity contribution in [3.05, 3.63) is 179 Å². The van der Waals surface area contributed by atoms with Crippen molar-refractivity contribution in [2.24, 2.45) is 0 Å². The van der Waals surface area contributed by atoms with Gasteiger partial charge in [0.2, 0.25) is 0 Å². The molecule has 0 amide bonds. The number of fused-ring (bicyclic) bond motifs is 1. The first-order chi connectivity index (χ1) is 25.2. The monoisotopic (exact) mass is 869 g/mol. The number of pyridine rings is 1. The standard InChI is InChI=1S/C48H40N3O.Pt/c1-30-22-33(4)47(52)43(23-30)48-50-46-39(20-13-21-45(46)51(48)38-19-12-16-36(26-38)25-35-14-8-6-9-15-35)41-27-42(32(3)24-31(41)2)44-28-40(34(5)29-49-44)37-17-10-7-11-18-37;/h6-24,26,28-29,52H,25H2,1-5H3;/q-1;. The molecule has 264 valence electrons. The minimum atomic E-state index is 0. The molecular formula is C48H40N3OPt-. The van der Waals surface area contributed by atoms with Gasteiger partial charge in [0.25, 0.3) is 0 Å². The molecule has 8 aromatic rings. The van der Waals surface area contributed by atoms with Crippen molar-refractivity contribution in [1.82, 2.24) is 14.5 Å². The predicted octanol–water partition coefficient (Wildman–Crippen LogP) is 11.7.